The van der Waals surface area contributed by atoms with E-state index in [9.17, 15) is 14.5 Å². The zero-order valence-electron chi connectivity index (χ0n) is 9.63. The molecule has 98 valence electrons. The summed E-state index contributed by atoms with van der Waals surface area (Å²) in [6.07, 6.45) is 1.12. The number of halogens is 2. The Labute approximate surface area is 112 Å². The van der Waals surface area contributed by atoms with E-state index in [2.05, 4.69) is 9.97 Å². The summed E-state index contributed by atoms with van der Waals surface area (Å²) in [6, 6.07) is 3.41. The average molecular weight is 284 g/mol. The molecule has 0 radical (unpaired) electrons. The normalized spacial score (nSPS) is 10.3. The number of hydrogen-bond acceptors (Lipinski definition) is 5. The molecule has 0 aliphatic carbocycles. The highest BCUT2D eigenvalue weighted by Gasteiger charge is 2.21. The molecule has 6 nitrogen and oxygen atoms in total. The molecular formula is C11H7ClFN3O3. The molecule has 0 aliphatic rings. The fourth-order valence-corrected chi connectivity index (χ4v) is 1.48. The van der Waals surface area contributed by atoms with Crippen LogP contribution in [0, 0.1) is 22.9 Å². The fraction of sp³-hybridized carbons (Fsp3) is 0.0909. The molecule has 0 atom stereocenters. The number of nitro benzene ring substituents is 1. The van der Waals surface area contributed by atoms with Crippen molar-refractivity contribution in [2.75, 3.05) is 0 Å². The van der Waals surface area contributed by atoms with E-state index in [1.165, 1.54) is 6.07 Å². The first kappa shape index (κ1) is 13.2. The van der Waals surface area contributed by atoms with Gasteiger partial charge in [-0.2, -0.15) is 0 Å². The number of nitrogens with zero attached hydrogens (tertiary/aromatic N) is 3. The Kier molecular flexibility index (Phi) is 3.57. The molecule has 0 saturated heterocycles. The molecule has 2 aromatic rings. The lowest BCUT2D eigenvalue weighted by molar-refractivity contribution is -0.385. The van der Waals surface area contributed by atoms with Gasteiger partial charge in [0.2, 0.25) is 11.6 Å². The van der Waals surface area contributed by atoms with Crippen molar-refractivity contribution >= 4 is 17.3 Å². The van der Waals surface area contributed by atoms with Gasteiger partial charge < -0.3 is 4.74 Å². The predicted molar refractivity (Wildman–Crippen MR) is 64.9 cm³/mol. The van der Waals surface area contributed by atoms with E-state index in [4.69, 9.17) is 16.3 Å². The third kappa shape index (κ3) is 2.60. The quantitative estimate of drug-likeness (QED) is 0.491. The van der Waals surface area contributed by atoms with E-state index in [0.29, 0.717) is 5.56 Å². The van der Waals surface area contributed by atoms with Crippen molar-refractivity contribution in [1.82, 2.24) is 9.97 Å². The zero-order chi connectivity index (χ0) is 14.0. The third-order valence-electron chi connectivity index (χ3n) is 2.32. The molecule has 19 heavy (non-hydrogen) atoms. The molecule has 1 aromatic heterocycles. The van der Waals surface area contributed by atoms with Crippen molar-refractivity contribution in [1.29, 1.82) is 0 Å². The van der Waals surface area contributed by atoms with Crippen LogP contribution in [0.15, 0.2) is 24.5 Å². The van der Waals surface area contributed by atoms with Gasteiger partial charge in [-0.1, -0.05) is 17.7 Å². The minimum absolute atomic E-state index is 0.0341. The van der Waals surface area contributed by atoms with Gasteiger partial charge in [-0.3, -0.25) is 10.1 Å². The number of nitro groups is 1. The molecule has 0 spiro atoms. The summed E-state index contributed by atoms with van der Waals surface area (Å²) in [5.74, 6) is -1.40. The standard InChI is InChI=1S/C11H7ClFN3O3/c1-6-10(12)14-5-15-11(6)19-9-7(13)3-2-4-8(9)16(17)18/h2-5H,1H3. The number of benzene rings is 1. The van der Waals surface area contributed by atoms with Gasteiger partial charge >= 0.3 is 5.69 Å². The molecule has 1 heterocycles. The van der Waals surface area contributed by atoms with E-state index in [1.54, 1.807) is 6.92 Å². The Bertz CT molecular complexity index is 651. The van der Waals surface area contributed by atoms with Crippen LogP contribution >= 0.6 is 11.6 Å². The summed E-state index contributed by atoms with van der Waals surface area (Å²) >= 11 is 5.76. The number of aromatic nitrogens is 2. The molecule has 0 amide bonds. The molecule has 8 heteroatoms. The smallest absolute Gasteiger partial charge is 0.314 e. The van der Waals surface area contributed by atoms with Crippen LogP contribution in [0.3, 0.4) is 0 Å². The number of rotatable bonds is 3. The Morgan fingerprint density at radius 1 is 1.42 bits per heavy atom. The molecular weight excluding hydrogens is 277 g/mol. The Morgan fingerprint density at radius 3 is 2.84 bits per heavy atom. The van der Waals surface area contributed by atoms with Crippen LogP contribution < -0.4 is 4.74 Å². The third-order valence-corrected chi connectivity index (χ3v) is 2.70. The van der Waals surface area contributed by atoms with Gasteiger partial charge in [0.25, 0.3) is 0 Å². The van der Waals surface area contributed by atoms with Gasteiger partial charge in [-0.15, -0.1) is 0 Å². The number of para-hydroxylation sites is 1. The van der Waals surface area contributed by atoms with Crippen LogP contribution in [-0.4, -0.2) is 14.9 Å². The van der Waals surface area contributed by atoms with E-state index < -0.39 is 22.2 Å². The maximum Gasteiger partial charge on any atom is 0.314 e. The van der Waals surface area contributed by atoms with Crippen LogP contribution in [-0.2, 0) is 0 Å². The van der Waals surface area contributed by atoms with Crippen molar-refractivity contribution in [2.45, 2.75) is 6.92 Å². The van der Waals surface area contributed by atoms with Crippen molar-refractivity contribution in [2.24, 2.45) is 0 Å². The molecule has 0 fully saturated rings. The molecule has 0 unspecified atom stereocenters. The van der Waals surface area contributed by atoms with Crippen molar-refractivity contribution in [3.63, 3.8) is 0 Å². The molecule has 0 N–H and O–H groups in total. The topological polar surface area (TPSA) is 78.2 Å². The first-order chi connectivity index (χ1) is 9.00. The van der Waals surface area contributed by atoms with Crippen LogP contribution in [0.4, 0.5) is 10.1 Å². The average Bonchev–Trinajstić information content (AvgIpc) is 2.36. The van der Waals surface area contributed by atoms with Crippen LogP contribution in [0.2, 0.25) is 5.15 Å². The van der Waals surface area contributed by atoms with Crippen molar-refractivity contribution in [3.05, 3.63) is 51.2 Å². The second kappa shape index (κ2) is 5.15. The molecule has 0 saturated carbocycles. The Hall–Kier alpha value is -2.28. The van der Waals surface area contributed by atoms with E-state index in [1.807, 2.05) is 0 Å². The van der Waals surface area contributed by atoms with Gasteiger partial charge in [0.15, 0.2) is 5.82 Å². The monoisotopic (exact) mass is 283 g/mol. The highest BCUT2D eigenvalue weighted by Crippen LogP contribution is 2.34. The minimum atomic E-state index is -0.858. The summed E-state index contributed by atoms with van der Waals surface area (Å²) in [5, 5.41) is 10.9. The lowest BCUT2D eigenvalue weighted by atomic mass is 10.3. The fourth-order valence-electron chi connectivity index (χ4n) is 1.36. The molecule has 0 bridgehead atoms. The summed E-state index contributed by atoms with van der Waals surface area (Å²) in [7, 11) is 0. The Balaban J connectivity index is 2.49. The van der Waals surface area contributed by atoms with Crippen molar-refractivity contribution < 1.29 is 14.1 Å². The minimum Gasteiger partial charge on any atom is -0.428 e. The van der Waals surface area contributed by atoms with E-state index >= 15 is 0 Å². The molecule has 2 rings (SSSR count). The first-order valence-electron chi connectivity index (χ1n) is 5.08. The number of ether oxygens (including phenoxy) is 1. The second-order valence-corrected chi connectivity index (χ2v) is 3.90. The van der Waals surface area contributed by atoms with Gasteiger partial charge in [0, 0.05) is 11.6 Å². The molecule has 0 aliphatic heterocycles. The summed E-state index contributed by atoms with van der Waals surface area (Å²) < 4.78 is 18.8. The van der Waals surface area contributed by atoms with Crippen molar-refractivity contribution in [3.8, 4) is 11.6 Å². The second-order valence-electron chi connectivity index (χ2n) is 3.54. The van der Waals surface area contributed by atoms with Gasteiger partial charge in [-0.25, -0.2) is 14.4 Å². The van der Waals surface area contributed by atoms with Crippen LogP contribution in [0.5, 0.6) is 11.6 Å². The molecule has 1 aromatic carbocycles. The number of hydrogen-bond donors (Lipinski definition) is 0. The summed E-state index contributed by atoms with van der Waals surface area (Å²) in [6.45, 7) is 1.56. The maximum absolute atomic E-state index is 13.6. The van der Waals surface area contributed by atoms with Crippen LogP contribution in [0.25, 0.3) is 0 Å². The predicted octanol–water partition coefficient (Wildman–Crippen LogP) is 3.28. The van der Waals surface area contributed by atoms with Crippen LogP contribution in [0.1, 0.15) is 5.56 Å². The Morgan fingerprint density at radius 2 is 2.16 bits per heavy atom. The van der Waals surface area contributed by atoms with E-state index in [0.717, 1.165) is 18.5 Å². The largest absolute Gasteiger partial charge is 0.428 e. The van der Waals surface area contributed by atoms with E-state index in [-0.39, 0.29) is 11.0 Å². The summed E-state index contributed by atoms with van der Waals surface area (Å²) in [4.78, 5) is 17.6. The van der Waals surface area contributed by atoms with Gasteiger partial charge in [-0.05, 0) is 13.0 Å². The maximum atomic E-state index is 13.6. The lowest BCUT2D eigenvalue weighted by Gasteiger charge is -2.08. The first-order valence-corrected chi connectivity index (χ1v) is 5.46. The van der Waals surface area contributed by atoms with Gasteiger partial charge in [0.1, 0.15) is 11.5 Å². The highest BCUT2D eigenvalue weighted by molar-refractivity contribution is 6.30. The lowest BCUT2D eigenvalue weighted by Crippen LogP contribution is -1.99. The zero-order valence-corrected chi connectivity index (χ0v) is 10.4. The van der Waals surface area contributed by atoms with Gasteiger partial charge in [0.05, 0.1) is 4.92 Å². The summed E-state index contributed by atoms with van der Waals surface area (Å²) in [5.41, 5.74) is -0.129. The highest BCUT2D eigenvalue weighted by atomic mass is 35.5. The SMILES string of the molecule is Cc1c(Cl)ncnc1Oc1c(F)cccc1[N+](=O)[O-].